The van der Waals surface area contributed by atoms with Crippen LogP contribution >= 0.6 is 11.8 Å². The smallest absolute Gasteiger partial charge is 0.161 e. The Morgan fingerprint density at radius 1 is 1.32 bits per heavy atom. The lowest BCUT2D eigenvalue weighted by Crippen LogP contribution is -2.32. The van der Waals surface area contributed by atoms with Crippen molar-refractivity contribution in [1.29, 1.82) is 0 Å². The molecular formula is C15H21N3S. The minimum Gasteiger partial charge on any atom is -0.334 e. The zero-order valence-corrected chi connectivity index (χ0v) is 12.5. The van der Waals surface area contributed by atoms with E-state index in [-0.39, 0.29) is 5.54 Å². The molecule has 1 saturated carbocycles. The molecule has 1 N–H and O–H groups in total. The average molecular weight is 275 g/mol. The second kappa shape index (κ2) is 5.16. The number of hydrogen-bond donors (Lipinski definition) is 1. The topological polar surface area (TPSA) is 37.3 Å². The molecule has 1 aliphatic carbocycles. The van der Waals surface area contributed by atoms with Crippen LogP contribution in [-0.4, -0.2) is 21.4 Å². The van der Waals surface area contributed by atoms with Gasteiger partial charge in [0.2, 0.25) is 0 Å². The highest BCUT2D eigenvalue weighted by molar-refractivity contribution is 8.14. The Kier molecular flexibility index (Phi) is 3.52. The zero-order chi connectivity index (χ0) is 13.3. The van der Waals surface area contributed by atoms with E-state index in [1.54, 1.807) is 0 Å². The third-order valence-corrected chi connectivity index (χ3v) is 5.33. The van der Waals surface area contributed by atoms with E-state index in [0.717, 1.165) is 28.2 Å². The minimum atomic E-state index is 0.220. The summed E-state index contributed by atoms with van der Waals surface area (Å²) >= 11 is 1.86. The highest BCUT2D eigenvalue weighted by Crippen LogP contribution is 2.41. The monoisotopic (exact) mass is 275 g/mol. The van der Waals surface area contributed by atoms with Crippen molar-refractivity contribution in [2.45, 2.75) is 45.1 Å². The van der Waals surface area contributed by atoms with Gasteiger partial charge >= 0.3 is 0 Å². The summed E-state index contributed by atoms with van der Waals surface area (Å²) < 4.78 is 0. The van der Waals surface area contributed by atoms with Crippen LogP contribution in [0.3, 0.4) is 0 Å². The van der Waals surface area contributed by atoms with Crippen LogP contribution in [-0.2, 0) is 0 Å². The molecule has 0 bridgehead atoms. The van der Waals surface area contributed by atoms with Crippen molar-refractivity contribution in [2.24, 2.45) is 10.9 Å². The van der Waals surface area contributed by atoms with Gasteiger partial charge in [-0.25, -0.2) is 0 Å². The molecular weight excluding hydrogens is 254 g/mol. The van der Waals surface area contributed by atoms with Crippen molar-refractivity contribution in [3.8, 4) is 0 Å². The third-order valence-electron chi connectivity index (χ3n) is 4.18. The first-order valence-corrected chi connectivity index (χ1v) is 8.06. The van der Waals surface area contributed by atoms with Gasteiger partial charge in [0.05, 0.1) is 17.4 Å². The van der Waals surface area contributed by atoms with E-state index in [0.29, 0.717) is 0 Å². The number of pyridine rings is 1. The molecule has 1 fully saturated rings. The van der Waals surface area contributed by atoms with Gasteiger partial charge in [0.25, 0.3) is 0 Å². The van der Waals surface area contributed by atoms with Crippen LogP contribution in [0.15, 0.2) is 23.3 Å². The normalized spacial score (nSPS) is 30.4. The van der Waals surface area contributed by atoms with Crippen molar-refractivity contribution in [1.82, 2.24) is 4.98 Å². The van der Waals surface area contributed by atoms with Gasteiger partial charge in [-0.3, -0.25) is 9.98 Å². The van der Waals surface area contributed by atoms with Crippen molar-refractivity contribution in [3.63, 3.8) is 0 Å². The molecule has 1 aromatic heterocycles. The largest absolute Gasteiger partial charge is 0.334 e. The van der Waals surface area contributed by atoms with E-state index in [1.165, 1.54) is 25.7 Å². The van der Waals surface area contributed by atoms with Gasteiger partial charge in [-0.15, -0.1) is 0 Å². The fourth-order valence-corrected chi connectivity index (χ4v) is 3.97. The standard InChI is InChI=1S/C15H21N3S/c1-11-5-7-15(8-6-11)10-19-14(18-15)17-13-4-3-12(2)16-9-13/h3-4,9,11H,5-8,10H2,1-2H3,(H,17,18). The predicted octanol–water partition coefficient (Wildman–Crippen LogP) is 3.85. The van der Waals surface area contributed by atoms with Gasteiger partial charge < -0.3 is 5.32 Å². The number of nitrogens with one attached hydrogen (secondary N) is 1. The molecule has 2 aliphatic rings. The maximum atomic E-state index is 4.97. The van der Waals surface area contributed by atoms with Crippen LogP contribution in [0.4, 0.5) is 5.69 Å². The predicted molar refractivity (Wildman–Crippen MR) is 82.9 cm³/mol. The Labute approximate surface area is 119 Å². The van der Waals surface area contributed by atoms with Crippen LogP contribution in [0, 0.1) is 12.8 Å². The molecule has 0 amide bonds. The van der Waals surface area contributed by atoms with Crippen LogP contribution in [0.5, 0.6) is 0 Å². The average Bonchev–Trinajstić information content (AvgIpc) is 2.80. The Morgan fingerprint density at radius 2 is 2.11 bits per heavy atom. The molecule has 2 heterocycles. The van der Waals surface area contributed by atoms with Crippen LogP contribution < -0.4 is 5.32 Å². The summed E-state index contributed by atoms with van der Waals surface area (Å²) in [7, 11) is 0. The molecule has 1 aromatic rings. The van der Waals surface area contributed by atoms with E-state index >= 15 is 0 Å². The fourth-order valence-electron chi connectivity index (χ4n) is 2.77. The molecule has 1 aliphatic heterocycles. The molecule has 0 radical (unpaired) electrons. The van der Waals surface area contributed by atoms with Gasteiger partial charge in [0.15, 0.2) is 5.17 Å². The first kappa shape index (κ1) is 13.0. The van der Waals surface area contributed by atoms with E-state index in [1.807, 2.05) is 30.9 Å². The number of nitrogens with zero attached hydrogens (tertiary/aromatic N) is 2. The van der Waals surface area contributed by atoms with Crippen molar-refractivity contribution < 1.29 is 0 Å². The van der Waals surface area contributed by atoms with Crippen LogP contribution in [0.2, 0.25) is 0 Å². The molecule has 19 heavy (non-hydrogen) atoms. The highest BCUT2D eigenvalue weighted by atomic mass is 32.2. The van der Waals surface area contributed by atoms with Crippen LogP contribution in [0.1, 0.15) is 38.3 Å². The molecule has 0 atom stereocenters. The van der Waals surface area contributed by atoms with Gasteiger partial charge in [0.1, 0.15) is 0 Å². The maximum absolute atomic E-state index is 4.97. The van der Waals surface area contributed by atoms with Crippen LogP contribution in [0.25, 0.3) is 0 Å². The summed E-state index contributed by atoms with van der Waals surface area (Å²) in [6, 6.07) is 4.10. The van der Waals surface area contributed by atoms with E-state index in [2.05, 4.69) is 23.3 Å². The number of amidine groups is 1. The van der Waals surface area contributed by atoms with Gasteiger partial charge in [-0.1, -0.05) is 18.7 Å². The third kappa shape index (κ3) is 2.94. The van der Waals surface area contributed by atoms with Crippen molar-refractivity contribution in [3.05, 3.63) is 24.0 Å². The molecule has 102 valence electrons. The molecule has 0 unspecified atom stereocenters. The quantitative estimate of drug-likeness (QED) is 0.845. The zero-order valence-electron chi connectivity index (χ0n) is 11.6. The van der Waals surface area contributed by atoms with E-state index in [4.69, 9.17) is 4.99 Å². The van der Waals surface area contributed by atoms with E-state index in [9.17, 15) is 0 Å². The van der Waals surface area contributed by atoms with Crippen molar-refractivity contribution >= 4 is 22.6 Å². The number of aryl methyl sites for hydroxylation is 1. The lowest BCUT2D eigenvalue weighted by molar-refractivity contribution is 0.273. The summed E-state index contributed by atoms with van der Waals surface area (Å²) in [5, 5.41) is 4.47. The highest BCUT2D eigenvalue weighted by Gasteiger charge is 2.38. The first-order chi connectivity index (χ1) is 9.15. The number of thioether (sulfide) groups is 1. The number of rotatable bonds is 1. The lowest BCUT2D eigenvalue weighted by Gasteiger charge is -2.32. The Balaban J connectivity index is 1.68. The first-order valence-electron chi connectivity index (χ1n) is 7.08. The fraction of sp³-hybridized carbons (Fsp3) is 0.600. The summed E-state index contributed by atoms with van der Waals surface area (Å²) in [6.07, 6.45) is 7.02. The minimum absolute atomic E-state index is 0.220. The van der Waals surface area contributed by atoms with E-state index < -0.39 is 0 Å². The second-order valence-electron chi connectivity index (χ2n) is 5.93. The second-order valence-corrected chi connectivity index (χ2v) is 6.89. The molecule has 0 aromatic carbocycles. The SMILES string of the molecule is Cc1ccc(NC2=NC3(CCC(C)CC3)CS2)cn1. The summed E-state index contributed by atoms with van der Waals surface area (Å²) in [4.78, 5) is 9.28. The molecule has 3 rings (SSSR count). The number of aromatic nitrogens is 1. The molecule has 4 heteroatoms. The maximum Gasteiger partial charge on any atom is 0.161 e. The molecule has 0 saturated heterocycles. The summed E-state index contributed by atoms with van der Waals surface area (Å²) in [6.45, 7) is 4.36. The van der Waals surface area contributed by atoms with Gasteiger partial charge in [-0.05, 0) is 50.7 Å². The van der Waals surface area contributed by atoms with Crippen molar-refractivity contribution in [2.75, 3.05) is 11.1 Å². The Hall–Kier alpha value is -1.03. The molecule has 3 nitrogen and oxygen atoms in total. The number of anilines is 1. The lowest BCUT2D eigenvalue weighted by atomic mass is 9.79. The summed E-state index contributed by atoms with van der Waals surface area (Å²) in [5.74, 6) is 2.02. The number of aliphatic imine (C=N–C) groups is 1. The Bertz CT molecular complexity index is 473. The van der Waals surface area contributed by atoms with Gasteiger partial charge in [0, 0.05) is 11.4 Å². The van der Waals surface area contributed by atoms with Gasteiger partial charge in [-0.2, -0.15) is 0 Å². The molecule has 1 spiro atoms. The Morgan fingerprint density at radius 3 is 2.79 bits per heavy atom. The summed E-state index contributed by atoms with van der Waals surface area (Å²) in [5.41, 5.74) is 2.31. The number of hydrogen-bond acceptors (Lipinski definition) is 4.